The molecule has 1 amide bonds. The molecule has 0 radical (unpaired) electrons. The third-order valence-corrected chi connectivity index (χ3v) is 5.85. The molecule has 0 atom stereocenters. The molecule has 0 unspecified atom stereocenters. The first-order valence-electron chi connectivity index (χ1n) is 9.35. The second kappa shape index (κ2) is 10.4. The molecule has 0 fully saturated rings. The predicted octanol–water partition coefficient (Wildman–Crippen LogP) is 4.51. The minimum absolute atomic E-state index is 0. The van der Waals surface area contributed by atoms with Gasteiger partial charge < -0.3 is 9.64 Å². The maximum Gasteiger partial charge on any atom is 0.260 e. The molecule has 3 rings (SSSR count). The van der Waals surface area contributed by atoms with E-state index < -0.39 is 0 Å². The number of benzene rings is 2. The zero-order valence-electron chi connectivity index (χ0n) is 17.5. The van der Waals surface area contributed by atoms with Crippen molar-refractivity contribution in [3.8, 4) is 11.8 Å². The van der Waals surface area contributed by atoms with Gasteiger partial charge in [-0.1, -0.05) is 17.4 Å². The fourth-order valence-electron chi connectivity index (χ4n) is 3.05. The lowest BCUT2D eigenvalue weighted by Gasteiger charge is -2.21. The van der Waals surface area contributed by atoms with Crippen molar-refractivity contribution in [1.29, 1.82) is 5.26 Å². The van der Waals surface area contributed by atoms with E-state index in [0.717, 1.165) is 28.7 Å². The Morgan fingerprint density at radius 1 is 1.17 bits per heavy atom. The molecule has 0 aliphatic carbocycles. The standard InChI is InChI=1S/C22H24N4O2S.ClH/c1-15-6-11-18(28-4)19-20(15)29-22(24-19)26(13-5-12-25(2)3)21(27)17-9-7-16(14-23)8-10-17;/h6-11H,5,12-13H2,1-4H3;1H. The van der Waals surface area contributed by atoms with E-state index in [1.165, 1.54) is 11.3 Å². The average Bonchev–Trinajstić information content (AvgIpc) is 3.17. The molecular formula is C22H25ClN4O2S. The first kappa shape index (κ1) is 23.6. The summed E-state index contributed by atoms with van der Waals surface area (Å²) in [5.74, 6) is 0.580. The van der Waals surface area contributed by atoms with E-state index >= 15 is 0 Å². The maximum atomic E-state index is 13.3. The average molecular weight is 445 g/mol. The molecule has 6 nitrogen and oxygen atoms in total. The molecule has 0 aliphatic heterocycles. The van der Waals surface area contributed by atoms with Gasteiger partial charge in [-0.15, -0.1) is 12.4 Å². The number of rotatable bonds is 7. The number of ether oxygens (including phenoxy) is 1. The van der Waals surface area contributed by atoms with E-state index in [1.54, 1.807) is 36.3 Å². The van der Waals surface area contributed by atoms with E-state index in [-0.39, 0.29) is 18.3 Å². The van der Waals surface area contributed by atoms with Gasteiger partial charge in [0.1, 0.15) is 11.3 Å². The first-order chi connectivity index (χ1) is 13.9. The van der Waals surface area contributed by atoms with Crippen LogP contribution in [0.3, 0.4) is 0 Å². The summed E-state index contributed by atoms with van der Waals surface area (Å²) in [7, 11) is 5.65. The molecule has 0 saturated heterocycles. The normalized spacial score (nSPS) is 10.5. The highest BCUT2D eigenvalue weighted by molar-refractivity contribution is 7.22. The van der Waals surface area contributed by atoms with E-state index in [0.29, 0.717) is 28.6 Å². The highest BCUT2D eigenvalue weighted by Crippen LogP contribution is 2.36. The van der Waals surface area contributed by atoms with Crippen molar-refractivity contribution in [1.82, 2.24) is 9.88 Å². The summed E-state index contributed by atoms with van der Waals surface area (Å²) >= 11 is 1.50. The Bertz CT molecular complexity index is 1060. The first-order valence-corrected chi connectivity index (χ1v) is 10.2. The monoisotopic (exact) mass is 444 g/mol. The lowest BCUT2D eigenvalue weighted by atomic mass is 10.1. The lowest BCUT2D eigenvalue weighted by molar-refractivity contribution is 0.0986. The quantitative estimate of drug-likeness (QED) is 0.536. The molecule has 30 heavy (non-hydrogen) atoms. The molecule has 0 saturated carbocycles. The number of carbonyl (C=O) groups excluding carboxylic acids is 1. The van der Waals surface area contributed by atoms with Gasteiger partial charge in [0, 0.05) is 12.1 Å². The summed E-state index contributed by atoms with van der Waals surface area (Å²) in [6.07, 6.45) is 0.820. The van der Waals surface area contributed by atoms with Gasteiger partial charge in [0.05, 0.1) is 23.4 Å². The highest BCUT2D eigenvalue weighted by Gasteiger charge is 2.22. The Labute approximate surface area is 187 Å². The molecule has 0 bridgehead atoms. The summed E-state index contributed by atoms with van der Waals surface area (Å²) in [5, 5.41) is 9.66. The second-order valence-corrected chi connectivity index (χ2v) is 8.04. The Hall–Kier alpha value is -2.66. The highest BCUT2D eigenvalue weighted by atomic mass is 35.5. The molecule has 2 aromatic carbocycles. The number of fused-ring (bicyclic) bond motifs is 1. The summed E-state index contributed by atoms with van der Waals surface area (Å²) in [5.41, 5.74) is 2.94. The van der Waals surface area contributed by atoms with Crippen LogP contribution in [0.1, 0.15) is 27.9 Å². The number of hydrogen-bond acceptors (Lipinski definition) is 6. The van der Waals surface area contributed by atoms with Crippen molar-refractivity contribution in [2.45, 2.75) is 13.3 Å². The number of methoxy groups -OCH3 is 1. The van der Waals surface area contributed by atoms with Crippen molar-refractivity contribution in [2.24, 2.45) is 0 Å². The van der Waals surface area contributed by atoms with Crippen LogP contribution in [0.25, 0.3) is 10.2 Å². The topological polar surface area (TPSA) is 69.5 Å². The van der Waals surface area contributed by atoms with Crippen molar-refractivity contribution in [3.05, 3.63) is 53.1 Å². The Kier molecular flexibility index (Phi) is 8.18. The van der Waals surface area contributed by atoms with Crippen LogP contribution >= 0.6 is 23.7 Å². The molecular weight excluding hydrogens is 420 g/mol. The van der Waals surface area contributed by atoms with Crippen LogP contribution in [-0.4, -0.2) is 50.1 Å². The van der Waals surface area contributed by atoms with Crippen molar-refractivity contribution < 1.29 is 9.53 Å². The van der Waals surface area contributed by atoms with Gasteiger partial charge in [-0.05, 0) is 69.9 Å². The minimum atomic E-state index is -0.121. The Morgan fingerprint density at radius 2 is 1.87 bits per heavy atom. The van der Waals surface area contributed by atoms with Crippen molar-refractivity contribution in [2.75, 3.05) is 39.2 Å². The van der Waals surface area contributed by atoms with Gasteiger partial charge in [-0.3, -0.25) is 9.69 Å². The third-order valence-electron chi connectivity index (χ3n) is 4.64. The number of carbonyl (C=O) groups is 1. The third kappa shape index (κ3) is 5.08. The SMILES string of the molecule is COc1ccc(C)c2sc(N(CCCN(C)C)C(=O)c3ccc(C#N)cc3)nc12.Cl. The summed E-state index contributed by atoms with van der Waals surface area (Å²) in [4.78, 5) is 21.9. The van der Waals surface area contributed by atoms with Gasteiger partial charge in [0.25, 0.3) is 5.91 Å². The van der Waals surface area contributed by atoms with Crippen molar-refractivity contribution in [3.63, 3.8) is 0 Å². The summed E-state index contributed by atoms with van der Waals surface area (Å²) < 4.78 is 6.48. The number of halogens is 1. The molecule has 8 heteroatoms. The van der Waals surface area contributed by atoms with E-state index in [1.807, 2.05) is 33.2 Å². The number of nitrogens with zero attached hydrogens (tertiary/aromatic N) is 4. The van der Waals surface area contributed by atoms with E-state index in [2.05, 4.69) is 11.0 Å². The number of hydrogen-bond donors (Lipinski definition) is 0. The fraction of sp³-hybridized carbons (Fsp3) is 0.318. The van der Waals surface area contributed by atoms with Crippen LogP contribution in [0.5, 0.6) is 5.75 Å². The van der Waals surface area contributed by atoms with Gasteiger partial charge in [-0.25, -0.2) is 4.98 Å². The summed E-state index contributed by atoms with van der Waals surface area (Å²) in [6.45, 7) is 3.45. The molecule has 0 spiro atoms. The summed E-state index contributed by atoms with van der Waals surface area (Å²) in [6, 6.07) is 12.7. The smallest absolute Gasteiger partial charge is 0.260 e. The van der Waals surface area contributed by atoms with Crippen LogP contribution in [0.4, 0.5) is 5.13 Å². The van der Waals surface area contributed by atoms with Crippen LogP contribution in [-0.2, 0) is 0 Å². The van der Waals surface area contributed by atoms with Gasteiger partial charge in [-0.2, -0.15) is 5.26 Å². The number of aryl methyl sites for hydroxylation is 1. The number of thiazole rings is 1. The molecule has 158 valence electrons. The minimum Gasteiger partial charge on any atom is -0.494 e. The van der Waals surface area contributed by atoms with Crippen LogP contribution < -0.4 is 9.64 Å². The lowest BCUT2D eigenvalue weighted by Crippen LogP contribution is -2.33. The number of amides is 1. The van der Waals surface area contributed by atoms with Gasteiger partial charge in [0.2, 0.25) is 0 Å². The second-order valence-electron chi connectivity index (χ2n) is 7.06. The van der Waals surface area contributed by atoms with Gasteiger partial charge in [0.15, 0.2) is 5.13 Å². The van der Waals surface area contributed by atoms with Crippen LogP contribution in [0.2, 0.25) is 0 Å². The molecule has 1 aromatic heterocycles. The largest absolute Gasteiger partial charge is 0.494 e. The molecule has 1 heterocycles. The number of anilines is 1. The Balaban J connectivity index is 0.00000320. The van der Waals surface area contributed by atoms with Crippen LogP contribution in [0.15, 0.2) is 36.4 Å². The maximum absolute atomic E-state index is 13.3. The number of aromatic nitrogens is 1. The van der Waals surface area contributed by atoms with Gasteiger partial charge >= 0.3 is 0 Å². The number of nitriles is 1. The molecule has 0 aliphatic rings. The zero-order valence-corrected chi connectivity index (χ0v) is 19.1. The zero-order chi connectivity index (χ0) is 21.0. The Morgan fingerprint density at radius 3 is 2.47 bits per heavy atom. The predicted molar refractivity (Wildman–Crippen MR) is 124 cm³/mol. The van der Waals surface area contributed by atoms with Crippen molar-refractivity contribution >= 4 is 45.0 Å². The molecule has 3 aromatic rings. The molecule has 0 N–H and O–H groups in total. The van der Waals surface area contributed by atoms with Crippen LogP contribution in [0, 0.1) is 18.3 Å². The van der Waals surface area contributed by atoms with E-state index in [4.69, 9.17) is 15.0 Å². The fourth-order valence-corrected chi connectivity index (χ4v) is 4.13. The van der Waals surface area contributed by atoms with E-state index in [9.17, 15) is 4.79 Å².